The maximum Gasteiger partial charge on any atom is 0.225 e. The molecule has 1 aliphatic rings. The van der Waals surface area contributed by atoms with Crippen molar-refractivity contribution in [2.45, 2.75) is 13.3 Å². The number of anilines is 2. The molecule has 1 aliphatic heterocycles. The molecule has 1 unspecified atom stereocenters. The van der Waals surface area contributed by atoms with Crippen molar-refractivity contribution in [3.63, 3.8) is 0 Å². The molecule has 21 heavy (non-hydrogen) atoms. The van der Waals surface area contributed by atoms with E-state index in [9.17, 15) is 0 Å². The van der Waals surface area contributed by atoms with Crippen LogP contribution in [-0.2, 0) is 0 Å². The molecular weight excluding hydrogens is 262 g/mol. The van der Waals surface area contributed by atoms with Gasteiger partial charge in [-0.05, 0) is 45.0 Å². The van der Waals surface area contributed by atoms with Crippen LogP contribution >= 0.6 is 0 Å². The van der Waals surface area contributed by atoms with Gasteiger partial charge < -0.3 is 15.5 Å². The van der Waals surface area contributed by atoms with Crippen molar-refractivity contribution >= 4 is 22.7 Å². The van der Waals surface area contributed by atoms with Crippen LogP contribution in [-0.4, -0.2) is 48.1 Å². The van der Waals surface area contributed by atoms with Gasteiger partial charge in [-0.1, -0.05) is 12.1 Å². The van der Waals surface area contributed by atoms with Gasteiger partial charge in [-0.15, -0.1) is 0 Å². The molecule has 0 amide bonds. The molecule has 0 radical (unpaired) electrons. The Labute approximate surface area is 125 Å². The summed E-state index contributed by atoms with van der Waals surface area (Å²) in [6.45, 7) is 6.21. The Morgan fingerprint density at radius 1 is 1.24 bits per heavy atom. The third kappa shape index (κ3) is 3.24. The van der Waals surface area contributed by atoms with Crippen LogP contribution in [0.25, 0.3) is 10.9 Å². The van der Waals surface area contributed by atoms with Gasteiger partial charge in [0, 0.05) is 25.0 Å². The molecule has 1 saturated heterocycles. The maximum atomic E-state index is 4.62. The monoisotopic (exact) mass is 285 g/mol. The van der Waals surface area contributed by atoms with E-state index in [1.54, 1.807) is 0 Å². The third-order valence-corrected chi connectivity index (χ3v) is 3.99. The summed E-state index contributed by atoms with van der Waals surface area (Å²) < 4.78 is 0. The molecule has 112 valence electrons. The van der Waals surface area contributed by atoms with E-state index in [0.717, 1.165) is 36.4 Å². The minimum absolute atomic E-state index is 0.697. The molecule has 0 aliphatic carbocycles. The molecule has 1 fully saturated rings. The summed E-state index contributed by atoms with van der Waals surface area (Å²) in [4.78, 5) is 11.6. The summed E-state index contributed by atoms with van der Waals surface area (Å²) in [6, 6.07) is 8.16. The van der Waals surface area contributed by atoms with Gasteiger partial charge in [-0.3, -0.25) is 0 Å². The predicted octanol–water partition coefficient (Wildman–Crippen LogP) is 2.43. The Bertz CT molecular complexity index is 613. The highest BCUT2D eigenvalue weighted by Gasteiger charge is 2.19. The topological polar surface area (TPSA) is 53.1 Å². The minimum Gasteiger partial charge on any atom is -0.369 e. The zero-order valence-electron chi connectivity index (χ0n) is 12.8. The average Bonchev–Trinajstić information content (AvgIpc) is 2.91. The van der Waals surface area contributed by atoms with E-state index >= 15 is 0 Å². The van der Waals surface area contributed by atoms with Crippen molar-refractivity contribution < 1.29 is 0 Å². The van der Waals surface area contributed by atoms with Crippen LogP contribution in [0.5, 0.6) is 0 Å². The van der Waals surface area contributed by atoms with Gasteiger partial charge in [0.2, 0.25) is 5.95 Å². The summed E-state index contributed by atoms with van der Waals surface area (Å²) in [5.74, 6) is 2.33. The van der Waals surface area contributed by atoms with Gasteiger partial charge in [-0.2, -0.15) is 4.98 Å². The number of para-hydroxylation sites is 1. The summed E-state index contributed by atoms with van der Waals surface area (Å²) in [5.41, 5.74) is 0.981. The molecule has 1 aromatic carbocycles. The normalized spacial score (nSPS) is 19.0. The SMILES string of the molecule is CCNc1nc(NCC2CCN(C)C2)c2ccccc2n1. The molecular formula is C16H23N5. The van der Waals surface area contributed by atoms with Gasteiger partial charge in [-0.25, -0.2) is 4.98 Å². The number of rotatable bonds is 5. The summed E-state index contributed by atoms with van der Waals surface area (Å²) in [7, 11) is 2.18. The largest absolute Gasteiger partial charge is 0.369 e. The lowest BCUT2D eigenvalue weighted by Crippen LogP contribution is -2.19. The van der Waals surface area contributed by atoms with E-state index in [-0.39, 0.29) is 0 Å². The Morgan fingerprint density at radius 3 is 2.86 bits per heavy atom. The van der Waals surface area contributed by atoms with E-state index in [1.807, 2.05) is 18.2 Å². The van der Waals surface area contributed by atoms with Crippen molar-refractivity contribution in [3.8, 4) is 0 Å². The molecule has 0 spiro atoms. The smallest absolute Gasteiger partial charge is 0.225 e. The first-order valence-corrected chi connectivity index (χ1v) is 7.69. The molecule has 2 heterocycles. The Morgan fingerprint density at radius 2 is 2.10 bits per heavy atom. The highest BCUT2D eigenvalue weighted by atomic mass is 15.2. The molecule has 1 aromatic heterocycles. The van der Waals surface area contributed by atoms with Crippen LogP contribution in [0.2, 0.25) is 0 Å². The van der Waals surface area contributed by atoms with Crippen molar-refractivity contribution in [2.75, 3.05) is 43.9 Å². The number of benzene rings is 1. The quantitative estimate of drug-likeness (QED) is 0.883. The third-order valence-electron chi connectivity index (χ3n) is 3.99. The van der Waals surface area contributed by atoms with E-state index in [1.165, 1.54) is 13.0 Å². The summed E-state index contributed by atoms with van der Waals surface area (Å²) >= 11 is 0. The molecule has 5 nitrogen and oxygen atoms in total. The summed E-state index contributed by atoms with van der Waals surface area (Å²) in [5, 5.41) is 7.82. The molecule has 1 atom stereocenters. The average molecular weight is 285 g/mol. The van der Waals surface area contributed by atoms with Crippen molar-refractivity contribution in [3.05, 3.63) is 24.3 Å². The van der Waals surface area contributed by atoms with Crippen LogP contribution < -0.4 is 10.6 Å². The first-order valence-electron chi connectivity index (χ1n) is 7.69. The number of aromatic nitrogens is 2. The first-order chi connectivity index (χ1) is 10.3. The number of hydrogen-bond donors (Lipinski definition) is 2. The van der Waals surface area contributed by atoms with Gasteiger partial charge >= 0.3 is 0 Å². The van der Waals surface area contributed by atoms with Crippen molar-refractivity contribution in [2.24, 2.45) is 5.92 Å². The van der Waals surface area contributed by atoms with E-state index in [0.29, 0.717) is 11.9 Å². The number of nitrogens with zero attached hydrogens (tertiary/aromatic N) is 3. The predicted molar refractivity (Wildman–Crippen MR) is 87.8 cm³/mol. The molecule has 0 saturated carbocycles. The van der Waals surface area contributed by atoms with Gasteiger partial charge in [0.15, 0.2) is 0 Å². The fourth-order valence-corrected chi connectivity index (χ4v) is 2.88. The van der Waals surface area contributed by atoms with E-state index in [4.69, 9.17) is 0 Å². The Balaban J connectivity index is 1.81. The number of hydrogen-bond acceptors (Lipinski definition) is 5. The maximum absolute atomic E-state index is 4.62. The van der Waals surface area contributed by atoms with Crippen LogP contribution in [0.3, 0.4) is 0 Å². The zero-order chi connectivity index (χ0) is 14.7. The Kier molecular flexibility index (Phi) is 4.20. The standard InChI is InChI=1S/C16H23N5/c1-3-17-16-19-14-7-5-4-6-13(14)15(20-16)18-10-12-8-9-21(2)11-12/h4-7,12H,3,8-11H2,1-2H3,(H2,17,18,19,20). The second-order valence-electron chi connectivity index (χ2n) is 5.74. The molecule has 5 heteroatoms. The fourth-order valence-electron chi connectivity index (χ4n) is 2.88. The lowest BCUT2D eigenvalue weighted by Gasteiger charge is -2.14. The van der Waals surface area contributed by atoms with Gasteiger partial charge in [0.1, 0.15) is 5.82 Å². The molecule has 3 rings (SSSR count). The number of nitrogens with one attached hydrogen (secondary N) is 2. The second-order valence-corrected chi connectivity index (χ2v) is 5.74. The fraction of sp³-hybridized carbons (Fsp3) is 0.500. The zero-order valence-corrected chi connectivity index (χ0v) is 12.8. The van der Waals surface area contributed by atoms with Gasteiger partial charge in [0.05, 0.1) is 5.52 Å². The summed E-state index contributed by atoms with van der Waals surface area (Å²) in [6.07, 6.45) is 1.26. The molecule has 2 aromatic rings. The highest BCUT2D eigenvalue weighted by molar-refractivity contribution is 5.90. The van der Waals surface area contributed by atoms with Gasteiger partial charge in [0.25, 0.3) is 0 Å². The highest BCUT2D eigenvalue weighted by Crippen LogP contribution is 2.23. The number of fused-ring (bicyclic) bond motifs is 1. The first kappa shape index (κ1) is 14.1. The van der Waals surface area contributed by atoms with Crippen LogP contribution in [0, 0.1) is 5.92 Å². The molecule has 2 N–H and O–H groups in total. The number of likely N-dealkylation sites (tertiary alicyclic amines) is 1. The Hall–Kier alpha value is -1.88. The minimum atomic E-state index is 0.697. The van der Waals surface area contributed by atoms with E-state index in [2.05, 4.69) is 45.5 Å². The van der Waals surface area contributed by atoms with Crippen LogP contribution in [0.4, 0.5) is 11.8 Å². The lowest BCUT2D eigenvalue weighted by atomic mass is 10.1. The van der Waals surface area contributed by atoms with Crippen molar-refractivity contribution in [1.29, 1.82) is 0 Å². The molecule has 0 bridgehead atoms. The van der Waals surface area contributed by atoms with Crippen LogP contribution in [0.1, 0.15) is 13.3 Å². The lowest BCUT2D eigenvalue weighted by molar-refractivity contribution is 0.399. The second kappa shape index (κ2) is 6.26. The van der Waals surface area contributed by atoms with Crippen LogP contribution in [0.15, 0.2) is 24.3 Å². The van der Waals surface area contributed by atoms with E-state index < -0.39 is 0 Å². The van der Waals surface area contributed by atoms with Crippen molar-refractivity contribution in [1.82, 2.24) is 14.9 Å².